The molecular formula is C16H12F3NO2. The highest BCUT2D eigenvalue weighted by molar-refractivity contribution is 5.73. The number of carbonyl (C=O) groups is 1. The molecule has 2 heterocycles. The minimum Gasteiger partial charge on any atom is -0.448 e. The molecule has 0 amide bonds. The predicted octanol–water partition coefficient (Wildman–Crippen LogP) is 3.68. The molecular weight excluding hydrogens is 295 g/mol. The van der Waals surface area contributed by atoms with Gasteiger partial charge in [0.2, 0.25) is 0 Å². The van der Waals surface area contributed by atoms with Crippen molar-refractivity contribution < 1.29 is 22.7 Å². The number of alkyl halides is 3. The van der Waals surface area contributed by atoms with Gasteiger partial charge in [-0.05, 0) is 24.3 Å². The number of halogens is 3. The molecule has 22 heavy (non-hydrogen) atoms. The third-order valence-electron chi connectivity index (χ3n) is 3.73. The smallest absolute Gasteiger partial charge is 0.416 e. The van der Waals surface area contributed by atoms with Crippen LogP contribution in [0.3, 0.4) is 0 Å². The van der Waals surface area contributed by atoms with Crippen LogP contribution in [0.4, 0.5) is 13.2 Å². The highest BCUT2D eigenvalue weighted by Gasteiger charge is 2.45. The third-order valence-corrected chi connectivity index (χ3v) is 3.73. The quantitative estimate of drug-likeness (QED) is 0.795. The summed E-state index contributed by atoms with van der Waals surface area (Å²) in [5.41, 5.74) is -0.843. The van der Waals surface area contributed by atoms with Crippen LogP contribution in [0.1, 0.15) is 29.7 Å². The first-order chi connectivity index (χ1) is 10.4. The molecule has 1 atom stereocenters. The Morgan fingerprint density at radius 1 is 1.09 bits per heavy atom. The van der Waals surface area contributed by atoms with Gasteiger partial charge in [0.05, 0.1) is 17.7 Å². The average Bonchev–Trinajstić information content (AvgIpc) is 2.91. The maximum Gasteiger partial charge on any atom is 0.416 e. The van der Waals surface area contributed by atoms with E-state index in [2.05, 4.69) is 4.98 Å². The lowest BCUT2D eigenvalue weighted by atomic mass is 9.86. The van der Waals surface area contributed by atoms with E-state index in [4.69, 9.17) is 4.74 Å². The van der Waals surface area contributed by atoms with E-state index in [1.54, 1.807) is 24.4 Å². The van der Waals surface area contributed by atoms with Crippen LogP contribution < -0.4 is 0 Å². The maximum absolute atomic E-state index is 12.7. The summed E-state index contributed by atoms with van der Waals surface area (Å²) < 4.78 is 43.5. The molecule has 0 radical (unpaired) electrons. The van der Waals surface area contributed by atoms with Gasteiger partial charge in [0.25, 0.3) is 0 Å². The molecule has 1 saturated heterocycles. The molecule has 114 valence electrons. The van der Waals surface area contributed by atoms with Crippen molar-refractivity contribution >= 4 is 5.97 Å². The van der Waals surface area contributed by atoms with Crippen LogP contribution in [0.5, 0.6) is 0 Å². The lowest BCUT2D eigenvalue weighted by Gasteiger charge is -2.28. The summed E-state index contributed by atoms with van der Waals surface area (Å²) in [5, 5.41) is 0. The summed E-state index contributed by atoms with van der Waals surface area (Å²) in [5.74, 6) is -0.384. The van der Waals surface area contributed by atoms with E-state index in [0.717, 1.165) is 12.1 Å². The van der Waals surface area contributed by atoms with Crippen molar-refractivity contribution in [1.82, 2.24) is 4.98 Å². The van der Waals surface area contributed by atoms with E-state index in [0.29, 0.717) is 17.7 Å². The first-order valence-corrected chi connectivity index (χ1v) is 6.73. The van der Waals surface area contributed by atoms with Crippen molar-refractivity contribution in [3.8, 4) is 0 Å². The second-order valence-corrected chi connectivity index (χ2v) is 5.09. The molecule has 1 aromatic carbocycles. The van der Waals surface area contributed by atoms with Crippen LogP contribution in [0.25, 0.3) is 0 Å². The number of hydrogen-bond donors (Lipinski definition) is 0. The van der Waals surface area contributed by atoms with Crippen LogP contribution in [0.2, 0.25) is 0 Å². The molecule has 0 N–H and O–H groups in total. The number of aromatic nitrogens is 1. The van der Waals surface area contributed by atoms with E-state index in [1.807, 2.05) is 0 Å². The van der Waals surface area contributed by atoms with Crippen molar-refractivity contribution in [2.24, 2.45) is 0 Å². The second-order valence-electron chi connectivity index (χ2n) is 5.09. The molecule has 0 spiro atoms. The molecule has 0 saturated carbocycles. The van der Waals surface area contributed by atoms with E-state index in [1.165, 1.54) is 12.1 Å². The molecule has 1 aliphatic heterocycles. The van der Waals surface area contributed by atoms with Crippen molar-refractivity contribution in [2.75, 3.05) is 0 Å². The number of carbonyl (C=O) groups excluding carboxylic acids is 1. The molecule has 1 aliphatic rings. The maximum atomic E-state index is 12.7. The van der Waals surface area contributed by atoms with Gasteiger partial charge in [-0.15, -0.1) is 0 Å². The molecule has 0 aliphatic carbocycles. The molecule has 1 fully saturated rings. The topological polar surface area (TPSA) is 39.2 Å². The van der Waals surface area contributed by atoms with Crippen molar-refractivity contribution in [2.45, 2.75) is 24.6 Å². The van der Waals surface area contributed by atoms with Crippen LogP contribution in [-0.2, 0) is 21.3 Å². The van der Waals surface area contributed by atoms with E-state index >= 15 is 0 Å². The summed E-state index contributed by atoms with van der Waals surface area (Å²) in [6.07, 6.45) is -2.28. The lowest BCUT2D eigenvalue weighted by molar-refractivity contribution is -0.146. The van der Waals surface area contributed by atoms with Crippen LogP contribution >= 0.6 is 0 Å². The number of pyridine rings is 1. The van der Waals surface area contributed by atoms with Gasteiger partial charge in [0.1, 0.15) is 0 Å². The monoisotopic (exact) mass is 307 g/mol. The highest BCUT2D eigenvalue weighted by Crippen LogP contribution is 2.42. The minimum atomic E-state index is -4.40. The number of ether oxygens (including phenoxy) is 1. The molecule has 1 aromatic heterocycles. The van der Waals surface area contributed by atoms with Gasteiger partial charge < -0.3 is 4.74 Å². The number of esters is 1. The summed E-state index contributed by atoms with van der Waals surface area (Å²) >= 11 is 0. The normalized spacial score (nSPS) is 21.7. The minimum absolute atomic E-state index is 0.206. The predicted molar refractivity (Wildman–Crippen MR) is 71.8 cm³/mol. The van der Waals surface area contributed by atoms with E-state index in [9.17, 15) is 18.0 Å². The Morgan fingerprint density at radius 2 is 1.82 bits per heavy atom. The molecule has 6 heteroatoms. The molecule has 1 unspecified atom stereocenters. The Labute approximate surface area is 124 Å². The largest absolute Gasteiger partial charge is 0.448 e. The zero-order valence-electron chi connectivity index (χ0n) is 11.4. The van der Waals surface area contributed by atoms with Gasteiger partial charge in [0.15, 0.2) is 5.60 Å². The summed E-state index contributed by atoms with van der Waals surface area (Å²) in [6.45, 7) is 0. The van der Waals surface area contributed by atoms with E-state index in [-0.39, 0.29) is 12.4 Å². The summed E-state index contributed by atoms with van der Waals surface area (Å²) in [6, 6.07) is 9.85. The first kappa shape index (κ1) is 14.6. The fraction of sp³-hybridized carbons (Fsp3) is 0.250. The van der Waals surface area contributed by atoms with Crippen molar-refractivity contribution in [3.63, 3.8) is 0 Å². The first-order valence-electron chi connectivity index (χ1n) is 6.73. The fourth-order valence-corrected chi connectivity index (χ4v) is 2.64. The molecule has 2 aromatic rings. The molecule has 0 bridgehead atoms. The number of cyclic esters (lactones) is 1. The second kappa shape index (κ2) is 5.12. The van der Waals surface area contributed by atoms with Crippen molar-refractivity contribution in [3.05, 3.63) is 65.5 Å². The van der Waals surface area contributed by atoms with Crippen LogP contribution in [0.15, 0.2) is 48.7 Å². The zero-order chi connectivity index (χ0) is 15.8. The SMILES string of the molecule is O=C1CCC(c2ccc(C(F)(F)F)cc2)(c2ccccn2)O1. The molecule has 3 rings (SSSR count). The van der Waals surface area contributed by atoms with Crippen LogP contribution in [0, 0.1) is 0 Å². The average molecular weight is 307 g/mol. The Hall–Kier alpha value is -2.37. The standard InChI is InChI=1S/C16H12F3NO2/c17-16(18,19)12-6-4-11(5-7-12)15(9-8-14(21)22-15)13-3-1-2-10-20-13/h1-7,10H,8-9H2. The van der Waals surface area contributed by atoms with Gasteiger partial charge in [0, 0.05) is 18.2 Å². The van der Waals surface area contributed by atoms with Gasteiger partial charge in [-0.25, -0.2) is 0 Å². The lowest BCUT2D eigenvalue weighted by Crippen LogP contribution is -2.28. The van der Waals surface area contributed by atoms with Gasteiger partial charge >= 0.3 is 12.1 Å². The number of rotatable bonds is 2. The van der Waals surface area contributed by atoms with Crippen molar-refractivity contribution in [1.29, 1.82) is 0 Å². The number of hydrogen-bond acceptors (Lipinski definition) is 3. The zero-order valence-corrected chi connectivity index (χ0v) is 11.4. The Bertz CT molecular complexity index is 683. The van der Waals surface area contributed by atoms with Gasteiger partial charge in [-0.3, -0.25) is 9.78 Å². The Kier molecular flexibility index (Phi) is 3.39. The third kappa shape index (κ3) is 2.45. The summed E-state index contributed by atoms with van der Waals surface area (Å²) in [4.78, 5) is 15.8. The van der Waals surface area contributed by atoms with E-state index < -0.39 is 17.3 Å². The highest BCUT2D eigenvalue weighted by atomic mass is 19.4. The Balaban J connectivity index is 2.06. The number of benzene rings is 1. The van der Waals surface area contributed by atoms with Gasteiger partial charge in [-0.2, -0.15) is 13.2 Å². The number of nitrogens with zero attached hydrogens (tertiary/aromatic N) is 1. The molecule has 3 nitrogen and oxygen atoms in total. The fourth-order valence-electron chi connectivity index (χ4n) is 2.64. The Morgan fingerprint density at radius 3 is 2.32 bits per heavy atom. The van der Waals surface area contributed by atoms with Gasteiger partial charge in [-0.1, -0.05) is 18.2 Å². The van der Waals surface area contributed by atoms with Crippen LogP contribution in [-0.4, -0.2) is 11.0 Å². The summed E-state index contributed by atoms with van der Waals surface area (Å²) in [7, 11) is 0.